The summed E-state index contributed by atoms with van der Waals surface area (Å²) in [5.74, 6) is -2.31. The lowest BCUT2D eigenvalue weighted by Gasteiger charge is -2.45. The van der Waals surface area contributed by atoms with Crippen LogP contribution in [0.1, 0.15) is 33.6 Å². The van der Waals surface area contributed by atoms with Crippen molar-refractivity contribution < 1.29 is 29.0 Å². The van der Waals surface area contributed by atoms with Crippen molar-refractivity contribution in [3.8, 4) is 0 Å². The SMILES string of the molecule is COC(=O)C1=C(C(=O)OC)C23C=C(C)C1C2=C(C)C1(CC1)[C@@](C)(O)C3=O. The lowest BCUT2D eigenvalue weighted by Crippen LogP contribution is -2.57. The fourth-order valence-corrected chi connectivity index (χ4v) is 5.62. The minimum Gasteiger partial charge on any atom is -0.466 e. The van der Waals surface area contributed by atoms with Crippen LogP contribution in [0.5, 0.6) is 0 Å². The lowest BCUT2D eigenvalue weighted by molar-refractivity contribution is -0.151. The average Bonchev–Trinajstić information content (AvgIpc) is 3.31. The molecule has 1 N–H and O–H groups in total. The number of rotatable bonds is 2. The van der Waals surface area contributed by atoms with Crippen molar-refractivity contribution in [2.24, 2.45) is 16.7 Å². The van der Waals surface area contributed by atoms with Crippen molar-refractivity contribution in [1.29, 1.82) is 0 Å². The summed E-state index contributed by atoms with van der Waals surface area (Å²) in [4.78, 5) is 38.8. The average molecular weight is 358 g/mol. The molecule has 3 atom stereocenters. The number of carbonyl (C=O) groups excluding carboxylic acids is 3. The summed E-state index contributed by atoms with van der Waals surface area (Å²) in [6.45, 7) is 5.27. The molecule has 26 heavy (non-hydrogen) atoms. The molecule has 4 aliphatic rings. The Labute approximate surface area is 151 Å². The number of aliphatic hydroxyl groups is 1. The quantitative estimate of drug-likeness (QED) is 0.596. The van der Waals surface area contributed by atoms with Crippen LogP contribution >= 0.6 is 0 Å². The van der Waals surface area contributed by atoms with Crippen molar-refractivity contribution in [1.82, 2.24) is 0 Å². The molecule has 6 heteroatoms. The van der Waals surface area contributed by atoms with Crippen LogP contribution in [0.4, 0.5) is 0 Å². The molecule has 1 spiro atoms. The first-order valence-corrected chi connectivity index (χ1v) is 8.71. The second kappa shape index (κ2) is 4.74. The van der Waals surface area contributed by atoms with Gasteiger partial charge < -0.3 is 14.6 Å². The Morgan fingerprint density at radius 1 is 1.15 bits per heavy atom. The van der Waals surface area contributed by atoms with E-state index in [0.717, 1.165) is 16.7 Å². The van der Waals surface area contributed by atoms with Crippen LogP contribution in [0.25, 0.3) is 0 Å². The van der Waals surface area contributed by atoms with Crippen LogP contribution in [0.3, 0.4) is 0 Å². The Hall–Kier alpha value is -2.21. The zero-order chi connectivity index (χ0) is 19.2. The summed E-state index contributed by atoms with van der Waals surface area (Å²) in [6.07, 6.45) is 3.15. The van der Waals surface area contributed by atoms with Gasteiger partial charge in [0.15, 0.2) is 5.78 Å². The summed E-state index contributed by atoms with van der Waals surface area (Å²) >= 11 is 0. The number of hydrogen-bond donors (Lipinski definition) is 1. The van der Waals surface area contributed by atoms with E-state index in [1.165, 1.54) is 21.1 Å². The molecule has 2 unspecified atom stereocenters. The van der Waals surface area contributed by atoms with Gasteiger partial charge in [0.25, 0.3) is 0 Å². The van der Waals surface area contributed by atoms with Crippen LogP contribution in [0, 0.1) is 16.7 Å². The third-order valence-electron chi connectivity index (χ3n) is 6.96. The van der Waals surface area contributed by atoms with E-state index in [1.54, 1.807) is 6.08 Å². The van der Waals surface area contributed by atoms with E-state index in [4.69, 9.17) is 9.47 Å². The summed E-state index contributed by atoms with van der Waals surface area (Å²) in [5, 5.41) is 11.2. The predicted molar refractivity (Wildman–Crippen MR) is 90.7 cm³/mol. The fourth-order valence-electron chi connectivity index (χ4n) is 5.62. The van der Waals surface area contributed by atoms with Crippen LogP contribution in [-0.2, 0) is 23.9 Å². The van der Waals surface area contributed by atoms with Gasteiger partial charge in [-0.3, -0.25) is 4.79 Å². The molecule has 6 nitrogen and oxygen atoms in total. The molecule has 1 fully saturated rings. The minimum atomic E-state index is -1.61. The van der Waals surface area contributed by atoms with E-state index >= 15 is 0 Å². The van der Waals surface area contributed by atoms with E-state index in [0.29, 0.717) is 12.8 Å². The largest absolute Gasteiger partial charge is 0.466 e. The zero-order valence-corrected chi connectivity index (χ0v) is 15.6. The third-order valence-corrected chi connectivity index (χ3v) is 6.96. The Bertz CT molecular complexity index is 880. The lowest BCUT2D eigenvalue weighted by atomic mass is 9.58. The first-order valence-electron chi connectivity index (χ1n) is 8.71. The molecule has 0 aliphatic heterocycles. The molecule has 0 heterocycles. The van der Waals surface area contributed by atoms with E-state index < -0.39 is 40.1 Å². The summed E-state index contributed by atoms with van der Waals surface area (Å²) in [5.41, 5.74) is -1.04. The van der Waals surface area contributed by atoms with Crippen molar-refractivity contribution in [2.75, 3.05) is 14.2 Å². The molecule has 0 aromatic heterocycles. The van der Waals surface area contributed by atoms with Crippen LogP contribution < -0.4 is 0 Å². The van der Waals surface area contributed by atoms with Gasteiger partial charge in [0, 0.05) is 11.3 Å². The van der Waals surface area contributed by atoms with Gasteiger partial charge in [-0.2, -0.15) is 0 Å². The molecule has 4 rings (SSSR count). The van der Waals surface area contributed by atoms with Gasteiger partial charge in [-0.25, -0.2) is 9.59 Å². The highest BCUT2D eigenvalue weighted by molar-refractivity contribution is 6.17. The molecular formula is C20H22O6. The molecule has 0 saturated heterocycles. The highest BCUT2D eigenvalue weighted by Gasteiger charge is 2.75. The van der Waals surface area contributed by atoms with Gasteiger partial charge in [0.1, 0.15) is 11.0 Å². The van der Waals surface area contributed by atoms with E-state index in [2.05, 4.69) is 0 Å². The zero-order valence-electron chi connectivity index (χ0n) is 15.6. The monoisotopic (exact) mass is 358 g/mol. The second-order valence-electron chi connectivity index (χ2n) is 7.92. The molecule has 0 amide bonds. The molecule has 0 radical (unpaired) electrons. The number of ether oxygens (including phenoxy) is 2. The highest BCUT2D eigenvalue weighted by Crippen LogP contribution is 2.73. The number of methoxy groups -OCH3 is 2. The Kier molecular flexibility index (Phi) is 3.14. The number of Topliss-reactive ketones (excluding diaryl/α,β-unsaturated/α-hetero) is 1. The van der Waals surface area contributed by atoms with Gasteiger partial charge in [0.05, 0.1) is 25.4 Å². The number of allylic oxidation sites excluding steroid dienone is 3. The third kappa shape index (κ3) is 1.52. The second-order valence-corrected chi connectivity index (χ2v) is 7.92. The van der Waals surface area contributed by atoms with Crippen LogP contribution in [0.2, 0.25) is 0 Å². The van der Waals surface area contributed by atoms with Crippen molar-refractivity contribution in [2.45, 2.75) is 39.2 Å². The van der Waals surface area contributed by atoms with Gasteiger partial charge >= 0.3 is 11.9 Å². The molecule has 0 aromatic rings. The Morgan fingerprint density at radius 3 is 2.23 bits per heavy atom. The maximum absolute atomic E-state index is 13.6. The predicted octanol–water partition coefficient (Wildman–Crippen LogP) is 1.64. The van der Waals surface area contributed by atoms with E-state index in [-0.39, 0.29) is 11.1 Å². The first-order chi connectivity index (χ1) is 12.1. The van der Waals surface area contributed by atoms with Gasteiger partial charge in [0.2, 0.25) is 0 Å². The van der Waals surface area contributed by atoms with E-state index in [9.17, 15) is 19.5 Å². The normalized spacial score (nSPS) is 36.3. The number of esters is 2. The van der Waals surface area contributed by atoms with Gasteiger partial charge in [-0.05, 0) is 39.2 Å². The topological polar surface area (TPSA) is 89.9 Å². The van der Waals surface area contributed by atoms with Crippen LogP contribution in [-0.4, -0.2) is 42.6 Å². The summed E-state index contributed by atoms with van der Waals surface area (Å²) in [7, 11) is 2.46. The first kappa shape index (κ1) is 17.2. The number of carbonyl (C=O) groups is 3. The molecule has 0 aromatic carbocycles. The Balaban J connectivity index is 2.11. The molecule has 138 valence electrons. The summed E-state index contributed by atoms with van der Waals surface area (Å²) < 4.78 is 9.84. The smallest absolute Gasteiger partial charge is 0.336 e. The maximum Gasteiger partial charge on any atom is 0.336 e. The minimum absolute atomic E-state index is 0.00225. The highest BCUT2D eigenvalue weighted by atomic mass is 16.5. The summed E-state index contributed by atoms with van der Waals surface area (Å²) in [6, 6.07) is 0. The molecular weight excluding hydrogens is 336 g/mol. The van der Waals surface area contributed by atoms with E-state index in [1.807, 2.05) is 13.8 Å². The number of hydrogen-bond acceptors (Lipinski definition) is 6. The van der Waals surface area contributed by atoms with Gasteiger partial charge in [-0.15, -0.1) is 0 Å². The molecule has 1 saturated carbocycles. The van der Waals surface area contributed by atoms with Crippen LogP contribution in [0.15, 0.2) is 33.9 Å². The molecule has 4 aliphatic carbocycles. The molecule has 2 bridgehead atoms. The standard InChI is InChI=1S/C20H22O6/c1-9-8-20-13(10(2)19(6-7-19)18(3,24)17(20)23)11(9)12(15(21)25-4)14(20)16(22)26-5/h8,11,24H,6-7H2,1-5H3/t11?,18-,20?/m0/s1. The maximum atomic E-state index is 13.6. The van der Waals surface area contributed by atoms with Crippen molar-refractivity contribution in [3.63, 3.8) is 0 Å². The number of ketones is 1. The van der Waals surface area contributed by atoms with Crippen molar-refractivity contribution >= 4 is 17.7 Å². The Morgan fingerprint density at radius 2 is 1.73 bits per heavy atom. The van der Waals surface area contributed by atoms with Gasteiger partial charge in [-0.1, -0.05) is 17.2 Å². The van der Waals surface area contributed by atoms with Crippen molar-refractivity contribution in [3.05, 3.63) is 33.9 Å². The fraction of sp³-hybridized carbons (Fsp3) is 0.550.